The number of thiazole rings is 1. The van der Waals surface area contributed by atoms with Crippen LogP contribution in [-0.4, -0.2) is 32.0 Å². The molecule has 0 radical (unpaired) electrons. The molecule has 1 aliphatic heterocycles. The minimum atomic E-state index is -3.89. The summed E-state index contributed by atoms with van der Waals surface area (Å²) in [5, 5.41) is 1.69. The van der Waals surface area contributed by atoms with E-state index in [1.807, 2.05) is 20.8 Å². The van der Waals surface area contributed by atoms with Crippen LogP contribution in [0.3, 0.4) is 0 Å². The lowest BCUT2D eigenvalue weighted by Crippen LogP contribution is -2.45. The molecule has 6 nitrogen and oxygen atoms in total. The van der Waals surface area contributed by atoms with Gasteiger partial charge in [0, 0.05) is 12.0 Å². The lowest BCUT2D eigenvalue weighted by atomic mass is 9.87. The van der Waals surface area contributed by atoms with Gasteiger partial charge in [-0.2, -0.15) is 8.42 Å². The van der Waals surface area contributed by atoms with Gasteiger partial charge in [-0.3, -0.25) is 4.79 Å². The van der Waals surface area contributed by atoms with Crippen molar-refractivity contribution < 1.29 is 17.9 Å². The number of aromatic nitrogens is 1. The van der Waals surface area contributed by atoms with Crippen LogP contribution in [0.4, 0.5) is 0 Å². The maximum atomic E-state index is 12.4. The van der Waals surface area contributed by atoms with Gasteiger partial charge in [0.15, 0.2) is 0 Å². The number of ether oxygens (including phenoxy) is 1. The summed E-state index contributed by atoms with van der Waals surface area (Å²) < 4.78 is 32.3. The van der Waals surface area contributed by atoms with Crippen molar-refractivity contribution in [3.8, 4) is 0 Å². The molecule has 1 amide bonds. The monoisotopic (exact) mass is 346 g/mol. The molecule has 1 aliphatic rings. The van der Waals surface area contributed by atoms with Gasteiger partial charge in [0.05, 0.1) is 17.7 Å². The summed E-state index contributed by atoms with van der Waals surface area (Å²) in [5.41, 5.74) is 0.707. The molecule has 2 heterocycles. The Morgan fingerprint density at radius 3 is 2.86 bits per heavy atom. The van der Waals surface area contributed by atoms with Gasteiger partial charge in [-0.05, 0) is 25.2 Å². The number of rotatable bonds is 5. The van der Waals surface area contributed by atoms with Crippen LogP contribution in [0.2, 0.25) is 0 Å². The highest BCUT2D eigenvalue weighted by atomic mass is 32.2. The molecule has 0 aromatic carbocycles. The first kappa shape index (κ1) is 17.4. The van der Waals surface area contributed by atoms with E-state index in [2.05, 4.69) is 9.71 Å². The molecule has 1 aromatic heterocycles. The molecule has 0 aliphatic carbocycles. The zero-order valence-electron chi connectivity index (χ0n) is 13.0. The van der Waals surface area contributed by atoms with Gasteiger partial charge < -0.3 is 4.74 Å². The molecule has 2 atom stereocenters. The van der Waals surface area contributed by atoms with Crippen LogP contribution in [0, 0.1) is 11.8 Å². The highest BCUT2D eigenvalue weighted by Gasteiger charge is 2.36. The second kappa shape index (κ2) is 7.06. The number of carbonyl (C=O) groups excluding carboxylic acids is 1. The summed E-state index contributed by atoms with van der Waals surface area (Å²) in [7, 11) is -3.89. The number of nitrogens with zero attached hydrogens (tertiary/aromatic N) is 1. The maximum Gasteiger partial charge on any atom is 0.291 e. The number of carbonyl (C=O) groups is 1. The summed E-state index contributed by atoms with van der Waals surface area (Å²) in [6.45, 7) is 6.46. The normalized spacial score (nSPS) is 22.7. The molecular weight excluding hydrogens is 324 g/mol. The second-order valence-corrected chi connectivity index (χ2v) is 8.47. The van der Waals surface area contributed by atoms with E-state index in [9.17, 15) is 13.2 Å². The van der Waals surface area contributed by atoms with Gasteiger partial charge in [0.25, 0.3) is 10.0 Å². The standard InChI is InChI=1S/C14H22N2O4S2/c1-4-10-8-21-14(15-10)22(18,19)16-13(17)11-6-5-7-20-12(11)9(2)3/h8-9,11-12H,4-7H2,1-3H3,(H,16,17)/t11-,12-/m1/s1. The Kier molecular flexibility index (Phi) is 5.57. The van der Waals surface area contributed by atoms with Crippen LogP contribution in [0.25, 0.3) is 0 Å². The molecule has 2 rings (SSSR count). The van der Waals surface area contributed by atoms with Crippen molar-refractivity contribution in [2.24, 2.45) is 11.8 Å². The summed E-state index contributed by atoms with van der Waals surface area (Å²) in [5.74, 6) is -0.772. The molecule has 0 bridgehead atoms. The molecule has 1 saturated heterocycles. The Hall–Kier alpha value is -0.990. The van der Waals surface area contributed by atoms with Crippen molar-refractivity contribution in [3.05, 3.63) is 11.1 Å². The zero-order chi connectivity index (χ0) is 16.3. The fraction of sp³-hybridized carbons (Fsp3) is 0.714. The van der Waals surface area contributed by atoms with Crippen molar-refractivity contribution in [1.29, 1.82) is 0 Å². The Morgan fingerprint density at radius 1 is 1.55 bits per heavy atom. The quantitative estimate of drug-likeness (QED) is 0.881. The van der Waals surface area contributed by atoms with Crippen molar-refractivity contribution in [2.45, 2.75) is 50.5 Å². The summed E-state index contributed by atoms with van der Waals surface area (Å²) in [6, 6.07) is 0. The van der Waals surface area contributed by atoms with E-state index < -0.39 is 21.8 Å². The minimum Gasteiger partial charge on any atom is -0.377 e. The van der Waals surface area contributed by atoms with Crippen LogP contribution >= 0.6 is 11.3 Å². The number of amides is 1. The van der Waals surface area contributed by atoms with Gasteiger partial charge in [-0.1, -0.05) is 20.8 Å². The molecule has 124 valence electrons. The Labute approximate surface area is 135 Å². The van der Waals surface area contributed by atoms with E-state index in [-0.39, 0.29) is 16.4 Å². The van der Waals surface area contributed by atoms with Crippen molar-refractivity contribution in [3.63, 3.8) is 0 Å². The lowest BCUT2D eigenvalue weighted by molar-refractivity contribution is -0.135. The molecule has 0 spiro atoms. The number of hydrogen-bond donors (Lipinski definition) is 1. The Morgan fingerprint density at radius 2 is 2.27 bits per heavy atom. The Balaban J connectivity index is 2.12. The molecule has 1 N–H and O–H groups in total. The van der Waals surface area contributed by atoms with Crippen molar-refractivity contribution in [2.75, 3.05) is 6.61 Å². The number of aryl methyl sites for hydroxylation is 1. The molecule has 1 fully saturated rings. The van der Waals surface area contributed by atoms with Crippen molar-refractivity contribution >= 4 is 27.3 Å². The molecule has 22 heavy (non-hydrogen) atoms. The van der Waals surface area contributed by atoms with E-state index in [0.717, 1.165) is 17.8 Å². The molecule has 0 saturated carbocycles. The highest BCUT2D eigenvalue weighted by molar-refractivity contribution is 7.92. The predicted molar refractivity (Wildman–Crippen MR) is 84.1 cm³/mol. The van der Waals surface area contributed by atoms with Gasteiger partial charge in [0.2, 0.25) is 10.2 Å². The average molecular weight is 346 g/mol. The molecule has 8 heteroatoms. The lowest BCUT2D eigenvalue weighted by Gasteiger charge is -2.33. The van der Waals surface area contributed by atoms with Crippen LogP contribution in [0.1, 0.15) is 39.3 Å². The fourth-order valence-corrected chi connectivity index (χ4v) is 4.71. The smallest absolute Gasteiger partial charge is 0.291 e. The van der Waals surface area contributed by atoms with E-state index >= 15 is 0 Å². The summed E-state index contributed by atoms with van der Waals surface area (Å²) in [6.07, 6.45) is 1.82. The third-order valence-corrected chi connectivity index (χ3v) is 6.37. The fourth-order valence-electron chi connectivity index (χ4n) is 2.57. The maximum absolute atomic E-state index is 12.4. The third-order valence-electron chi connectivity index (χ3n) is 3.72. The number of hydrogen-bond acceptors (Lipinski definition) is 6. The largest absolute Gasteiger partial charge is 0.377 e. The Bertz CT molecular complexity index is 625. The SMILES string of the molecule is CCc1csc(S(=O)(=O)NC(=O)[C@@H]2CCCO[C@@H]2C(C)C)n1. The van der Waals surface area contributed by atoms with Crippen LogP contribution < -0.4 is 4.72 Å². The predicted octanol–water partition coefficient (Wildman–Crippen LogP) is 1.96. The van der Waals surface area contributed by atoms with Gasteiger partial charge in [0.1, 0.15) is 0 Å². The molecule has 1 aromatic rings. The van der Waals surface area contributed by atoms with E-state index in [4.69, 9.17) is 4.74 Å². The number of sulfonamides is 1. The first-order valence-electron chi connectivity index (χ1n) is 7.47. The van der Waals surface area contributed by atoms with E-state index in [1.54, 1.807) is 5.38 Å². The van der Waals surface area contributed by atoms with E-state index in [1.165, 1.54) is 0 Å². The summed E-state index contributed by atoms with van der Waals surface area (Å²) >= 11 is 1.03. The molecule has 0 unspecified atom stereocenters. The third kappa shape index (κ3) is 3.85. The average Bonchev–Trinajstić information content (AvgIpc) is 2.96. The van der Waals surface area contributed by atoms with Crippen LogP contribution in [0.15, 0.2) is 9.72 Å². The van der Waals surface area contributed by atoms with Crippen molar-refractivity contribution in [1.82, 2.24) is 9.71 Å². The minimum absolute atomic E-state index is 0.0597. The summed E-state index contributed by atoms with van der Waals surface area (Å²) in [4.78, 5) is 16.4. The topological polar surface area (TPSA) is 85.4 Å². The zero-order valence-corrected chi connectivity index (χ0v) is 14.7. The van der Waals surface area contributed by atoms with Crippen LogP contribution in [0.5, 0.6) is 0 Å². The first-order chi connectivity index (χ1) is 10.3. The van der Waals surface area contributed by atoms with E-state index in [0.29, 0.717) is 25.1 Å². The van der Waals surface area contributed by atoms with Gasteiger partial charge >= 0.3 is 0 Å². The number of nitrogens with one attached hydrogen (secondary N) is 1. The highest BCUT2D eigenvalue weighted by Crippen LogP contribution is 2.27. The molecular formula is C14H22N2O4S2. The first-order valence-corrected chi connectivity index (χ1v) is 9.84. The second-order valence-electron chi connectivity index (χ2n) is 5.76. The van der Waals surface area contributed by atoms with Gasteiger partial charge in [-0.25, -0.2) is 9.71 Å². The van der Waals surface area contributed by atoms with Crippen LogP contribution in [-0.2, 0) is 26.0 Å². The van der Waals surface area contributed by atoms with Gasteiger partial charge in [-0.15, -0.1) is 11.3 Å².